The first-order chi connectivity index (χ1) is 14.0. The molecule has 0 aliphatic carbocycles. The van der Waals surface area contributed by atoms with Gasteiger partial charge in [-0.1, -0.05) is 37.6 Å². The van der Waals surface area contributed by atoms with Gasteiger partial charge in [0.15, 0.2) is 6.61 Å². The van der Waals surface area contributed by atoms with Crippen molar-refractivity contribution < 1.29 is 13.9 Å². The van der Waals surface area contributed by atoms with Crippen LogP contribution in [0.25, 0.3) is 11.0 Å². The van der Waals surface area contributed by atoms with E-state index in [1.807, 2.05) is 28.8 Å². The summed E-state index contributed by atoms with van der Waals surface area (Å²) in [4.78, 5) is 19.3. The minimum atomic E-state index is -0.464. The van der Waals surface area contributed by atoms with Gasteiger partial charge in [-0.2, -0.15) is 0 Å². The minimum absolute atomic E-state index is 0.115. The number of nitrogens with zero attached hydrogens (tertiary/aromatic N) is 3. The Morgan fingerprint density at radius 3 is 2.72 bits per heavy atom. The highest BCUT2D eigenvalue weighted by Crippen LogP contribution is 2.25. The number of benzene rings is 2. The SMILES string of the molecule is CCN(CC)CCn1c(NC(=O)COc2ccc(F)cc2Cl)nc2ccccc21. The molecule has 2 aromatic carbocycles. The van der Waals surface area contributed by atoms with Crippen molar-refractivity contribution in [2.75, 3.05) is 31.6 Å². The van der Waals surface area contributed by atoms with Crippen LogP contribution in [0, 0.1) is 5.82 Å². The maximum atomic E-state index is 13.1. The van der Waals surface area contributed by atoms with Crippen LogP contribution in [0.3, 0.4) is 0 Å². The molecule has 6 nitrogen and oxygen atoms in total. The third-order valence-corrected chi connectivity index (χ3v) is 4.99. The highest BCUT2D eigenvalue weighted by Gasteiger charge is 2.15. The number of carbonyl (C=O) groups is 1. The van der Waals surface area contributed by atoms with Gasteiger partial charge in [0, 0.05) is 13.1 Å². The van der Waals surface area contributed by atoms with Gasteiger partial charge in [0.1, 0.15) is 11.6 Å². The van der Waals surface area contributed by atoms with E-state index in [-0.39, 0.29) is 23.3 Å². The van der Waals surface area contributed by atoms with Gasteiger partial charge in [0.2, 0.25) is 5.95 Å². The number of nitrogens with one attached hydrogen (secondary N) is 1. The zero-order valence-electron chi connectivity index (χ0n) is 16.5. The number of halogens is 2. The third-order valence-electron chi connectivity index (χ3n) is 4.69. The van der Waals surface area contributed by atoms with E-state index in [1.54, 1.807) is 0 Å². The quantitative estimate of drug-likeness (QED) is 0.566. The summed E-state index contributed by atoms with van der Waals surface area (Å²) in [5.41, 5.74) is 1.77. The smallest absolute Gasteiger partial charge is 0.264 e. The normalized spacial score (nSPS) is 11.2. The molecule has 3 rings (SSSR count). The molecule has 0 aliphatic rings. The summed E-state index contributed by atoms with van der Waals surface area (Å²) in [6, 6.07) is 11.5. The maximum Gasteiger partial charge on any atom is 0.264 e. The number of hydrogen-bond donors (Lipinski definition) is 1. The lowest BCUT2D eigenvalue weighted by Crippen LogP contribution is -2.28. The fourth-order valence-corrected chi connectivity index (χ4v) is 3.30. The number of ether oxygens (including phenoxy) is 1. The van der Waals surface area contributed by atoms with Gasteiger partial charge < -0.3 is 14.2 Å². The average Bonchev–Trinajstić information content (AvgIpc) is 3.05. The van der Waals surface area contributed by atoms with Crippen molar-refractivity contribution >= 4 is 34.5 Å². The number of para-hydroxylation sites is 2. The summed E-state index contributed by atoms with van der Waals surface area (Å²) in [5.74, 6) is -0.117. The maximum absolute atomic E-state index is 13.1. The topological polar surface area (TPSA) is 59.4 Å². The molecule has 0 fully saturated rings. The van der Waals surface area contributed by atoms with Gasteiger partial charge in [-0.25, -0.2) is 9.37 Å². The molecule has 0 aliphatic heterocycles. The van der Waals surface area contributed by atoms with Crippen LogP contribution in [0.2, 0.25) is 5.02 Å². The Bertz CT molecular complexity index is 988. The van der Waals surface area contributed by atoms with Crippen molar-refractivity contribution in [2.24, 2.45) is 0 Å². The van der Waals surface area contributed by atoms with Gasteiger partial charge in [-0.05, 0) is 43.4 Å². The zero-order chi connectivity index (χ0) is 20.8. The average molecular weight is 419 g/mol. The van der Waals surface area contributed by atoms with Gasteiger partial charge in [-0.15, -0.1) is 0 Å². The predicted octanol–water partition coefficient (Wildman–Crippen LogP) is 4.19. The molecule has 0 unspecified atom stereocenters. The second-order valence-corrected chi connectivity index (χ2v) is 6.92. The number of anilines is 1. The van der Waals surface area contributed by atoms with Crippen LogP contribution in [0.5, 0.6) is 5.75 Å². The zero-order valence-corrected chi connectivity index (χ0v) is 17.2. The molecule has 0 saturated carbocycles. The molecule has 1 N–H and O–H groups in total. The van der Waals surface area contributed by atoms with Crippen LogP contribution in [-0.2, 0) is 11.3 Å². The number of rotatable bonds is 9. The van der Waals surface area contributed by atoms with Gasteiger partial charge >= 0.3 is 0 Å². The predicted molar refractivity (Wildman–Crippen MR) is 113 cm³/mol. The molecular weight excluding hydrogens is 395 g/mol. The van der Waals surface area contributed by atoms with Crippen molar-refractivity contribution in [1.82, 2.24) is 14.5 Å². The second-order valence-electron chi connectivity index (χ2n) is 6.51. The molecule has 1 heterocycles. The largest absolute Gasteiger partial charge is 0.482 e. The van der Waals surface area contributed by atoms with E-state index in [0.717, 1.165) is 36.7 Å². The molecule has 0 radical (unpaired) electrons. The molecule has 29 heavy (non-hydrogen) atoms. The summed E-state index contributed by atoms with van der Waals surface area (Å²) in [6.07, 6.45) is 0. The first kappa shape index (κ1) is 21.1. The van der Waals surface area contributed by atoms with E-state index in [0.29, 0.717) is 12.5 Å². The molecule has 0 bridgehead atoms. The summed E-state index contributed by atoms with van der Waals surface area (Å²) in [7, 11) is 0. The molecular formula is C21H24ClFN4O2. The highest BCUT2D eigenvalue weighted by atomic mass is 35.5. The summed E-state index contributed by atoms with van der Waals surface area (Å²) in [6.45, 7) is 7.44. The van der Waals surface area contributed by atoms with E-state index in [4.69, 9.17) is 16.3 Å². The fourth-order valence-electron chi connectivity index (χ4n) is 3.07. The Balaban J connectivity index is 1.72. The standard InChI is InChI=1S/C21H24ClFN4O2/c1-3-26(4-2)11-12-27-18-8-6-5-7-17(18)24-21(27)25-20(28)14-29-19-10-9-15(23)13-16(19)22/h5-10,13H,3-4,11-12,14H2,1-2H3,(H,24,25,28). The molecule has 1 amide bonds. The number of amides is 1. The van der Waals surface area contributed by atoms with Crippen molar-refractivity contribution in [2.45, 2.75) is 20.4 Å². The highest BCUT2D eigenvalue weighted by molar-refractivity contribution is 6.32. The van der Waals surface area contributed by atoms with Crippen LogP contribution < -0.4 is 10.1 Å². The lowest BCUT2D eigenvalue weighted by Gasteiger charge is -2.19. The molecule has 0 saturated heterocycles. The Kier molecular flexibility index (Phi) is 7.06. The van der Waals surface area contributed by atoms with Crippen LogP contribution in [-0.4, -0.2) is 46.6 Å². The van der Waals surface area contributed by atoms with E-state index < -0.39 is 5.82 Å². The molecule has 8 heteroatoms. The first-order valence-corrected chi connectivity index (χ1v) is 9.95. The Hall–Kier alpha value is -2.64. The summed E-state index contributed by atoms with van der Waals surface area (Å²) < 4.78 is 20.5. The van der Waals surface area contributed by atoms with Crippen molar-refractivity contribution in [1.29, 1.82) is 0 Å². The first-order valence-electron chi connectivity index (χ1n) is 9.57. The van der Waals surface area contributed by atoms with Gasteiger partial charge in [0.25, 0.3) is 5.91 Å². The second kappa shape index (κ2) is 9.71. The number of fused-ring (bicyclic) bond motifs is 1. The number of hydrogen-bond acceptors (Lipinski definition) is 4. The van der Waals surface area contributed by atoms with Crippen LogP contribution in [0.15, 0.2) is 42.5 Å². The molecule has 154 valence electrons. The number of aromatic nitrogens is 2. The van der Waals surface area contributed by atoms with Crippen molar-refractivity contribution in [3.63, 3.8) is 0 Å². The molecule has 3 aromatic rings. The van der Waals surface area contributed by atoms with Crippen LogP contribution in [0.1, 0.15) is 13.8 Å². The van der Waals surface area contributed by atoms with E-state index >= 15 is 0 Å². The van der Waals surface area contributed by atoms with Crippen molar-refractivity contribution in [3.05, 3.63) is 53.3 Å². The minimum Gasteiger partial charge on any atom is -0.482 e. The lowest BCUT2D eigenvalue weighted by atomic mass is 10.3. The van der Waals surface area contributed by atoms with Gasteiger partial charge in [0.05, 0.1) is 16.1 Å². The number of likely N-dealkylation sites (N-methyl/N-ethyl adjacent to an activating group) is 1. The summed E-state index contributed by atoms with van der Waals surface area (Å²) in [5, 5.41) is 2.93. The van der Waals surface area contributed by atoms with E-state index in [9.17, 15) is 9.18 Å². The monoisotopic (exact) mass is 418 g/mol. The van der Waals surface area contributed by atoms with Crippen LogP contribution >= 0.6 is 11.6 Å². The van der Waals surface area contributed by atoms with E-state index in [2.05, 4.69) is 29.0 Å². The summed E-state index contributed by atoms with van der Waals surface area (Å²) >= 11 is 5.93. The van der Waals surface area contributed by atoms with Crippen molar-refractivity contribution in [3.8, 4) is 5.75 Å². The third kappa shape index (κ3) is 5.25. The molecule has 0 atom stereocenters. The lowest BCUT2D eigenvalue weighted by molar-refractivity contribution is -0.118. The van der Waals surface area contributed by atoms with Gasteiger partial charge in [-0.3, -0.25) is 10.1 Å². The fraction of sp³-hybridized carbons (Fsp3) is 0.333. The Morgan fingerprint density at radius 1 is 1.24 bits per heavy atom. The van der Waals surface area contributed by atoms with Crippen LogP contribution in [0.4, 0.5) is 10.3 Å². The molecule has 0 spiro atoms. The van der Waals surface area contributed by atoms with E-state index in [1.165, 1.54) is 12.1 Å². The number of imidazole rings is 1. The molecule has 1 aromatic heterocycles. The Morgan fingerprint density at radius 2 is 2.00 bits per heavy atom. The Labute approximate surface area is 174 Å². The number of carbonyl (C=O) groups excluding carboxylic acids is 1.